The van der Waals surface area contributed by atoms with Gasteiger partial charge in [-0.3, -0.25) is 0 Å². The third kappa shape index (κ3) is 5.06. The first-order chi connectivity index (χ1) is 10.2. The van der Waals surface area contributed by atoms with E-state index in [1.165, 1.54) is 5.56 Å². The molecule has 1 aromatic carbocycles. The number of hydrogen-bond donors (Lipinski definition) is 1. The fourth-order valence-electron chi connectivity index (χ4n) is 2.03. The van der Waals surface area contributed by atoms with Crippen LogP contribution in [-0.4, -0.2) is 12.6 Å². The Morgan fingerprint density at radius 1 is 1.24 bits per heavy atom. The van der Waals surface area contributed by atoms with Crippen molar-refractivity contribution >= 4 is 11.3 Å². The van der Waals surface area contributed by atoms with Crippen molar-refractivity contribution < 1.29 is 9.47 Å². The molecule has 2 N–H and O–H groups in total. The molecule has 0 aliphatic carbocycles. The Kier molecular flexibility index (Phi) is 6.08. The van der Waals surface area contributed by atoms with Crippen molar-refractivity contribution in [1.29, 1.82) is 0 Å². The standard InChI is InChI=1S/C17H23NO2S/c1-3-7-19-16-5-4-15(9-13(2)18)17(10-16)20-11-14-6-8-21-12-14/h4-6,8,10,12-13H,3,7,9,11,18H2,1-2H3. The highest BCUT2D eigenvalue weighted by Gasteiger charge is 2.09. The number of hydrogen-bond acceptors (Lipinski definition) is 4. The van der Waals surface area contributed by atoms with E-state index in [2.05, 4.69) is 29.8 Å². The summed E-state index contributed by atoms with van der Waals surface area (Å²) in [5, 5.41) is 4.16. The molecule has 4 heteroatoms. The van der Waals surface area contributed by atoms with Crippen molar-refractivity contribution in [2.45, 2.75) is 39.3 Å². The minimum absolute atomic E-state index is 0.107. The lowest BCUT2D eigenvalue weighted by Gasteiger charge is -2.15. The van der Waals surface area contributed by atoms with Gasteiger partial charge in [-0.15, -0.1) is 0 Å². The Bertz CT molecular complexity index is 538. The number of benzene rings is 1. The molecule has 1 unspecified atom stereocenters. The quantitative estimate of drug-likeness (QED) is 0.801. The molecule has 1 heterocycles. The predicted molar refractivity (Wildman–Crippen MR) is 88.2 cm³/mol. The molecule has 0 bridgehead atoms. The zero-order chi connectivity index (χ0) is 15.1. The van der Waals surface area contributed by atoms with Crippen molar-refractivity contribution in [3.05, 3.63) is 46.2 Å². The highest BCUT2D eigenvalue weighted by atomic mass is 32.1. The van der Waals surface area contributed by atoms with Crippen LogP contribution in [0.1, 0.15) is 31.4 Å². The second kappa shape index (κ2) is 8.05. The third-order valence-corrected chi connectivity index (χ3v) is 3.76. The molecule has 2 rings (SSSR count). The van der Waals surface area contributed by atoms with Crippen LogP contribution in [-0.2, 0) is 13.0 Å². The summed E-state index contributed by atoms with van der Waals surface area (Å²) in [5.74, 6) is 1.72. The smallest absolute Gasteiger partial charge is 0.126 e. The molecule has 2 aromatic rings. The molecule has 0 saturated carbocycles. The van der Waals surface area contributed by atoms with E-state index < -0.39 is 0 Å². The van der Waals surface area contributed by atoms with E-state index in [9.17, 15) is 0 Å². The summed E-state index contributed by atoms with van der Waals surface area (Å²) in [6, 6.07) is 8.20. The molecule has 0 radical (unpaired) electrons. The summed E-state index contributed by atoms with van der Waals surface area (Å²) in [6.07, 6.45) is 1.79. The summed E-state index contributed by atoms with van der Waals surface area (Å²) in [4.78, 5) is 0. The van der Waals surface area contributed by atoms with Crippen LogP contribution in [0.3, 0.4) is 0 Å². The SMILES string of the molecule is CCCOc1ccc(CC(C)N)c(OCc2ccsc2)c1. The van der Waals surface area contributed by atoms with Crippen molar-refractivity contribution in [1.82, 2.24) is 0 Å². The van der Waals surface area contributed by atoms with Crippen LogP contribution in [0.4, 0.5) is 0 Å². The maximum absolute atomic E-state index is 5.97. The number of ether oxygens (including phenoxy) is 2. The fourth-order valence-corrected chi connectivity index (χ4v) is 2.68. The van der Waals surface area contributed by atoms with Gasteiger partial charge in [-0.05, 0) is 53.8 Å². The summed E-state index contributed by atoms with van der Waals surface area (Å²) in [5.41, 5.74) is 8.23. The van der Waals surface area contributed by atoms with Crippen LogP contribution >= 0.6 is 11.3 Å². The van der Waals surface area contributed by atoms with Gasteiger partial charge in [0, 0.05) is 12.1 Å². The van der Waals surface area contributed by atoms with Crippen LogP contribution in [0.5, 0.6) is 11.5 Å². The lowest BCUT2D eigenvalue weighted by molar-refractivity contribution is 0.292. The fraction of sp³-hybridized carbons (Fsp3) is 0.412. The monoisotopic (exact) mass is 305 g/mol. The molecule has 0 spiro atoms. The number of rotatable bonds is 8. The molecule has 21 heavy (non-hydrogen) atoms. The molecule has 0 aliphatic rings. The summed E-state index contributed by atoms with van der Waals surface area (Å²) in [6.45, 7) is 5.39. The first-order valence-electron chi connectivity index (χ1n) is 7.34. The molecular formula is C17H23NO2S. The average Bonchev–Trinajstić information content (AvgIpc) is 2.97. The first-order valence-corrected chi connectivity index (χ1v) is 8.28. The van der Waals surface area contributed by atoms with Crippen molar-refractivity contribution in [2.75, 3.05) is 6.61 Å². The van der Waals surface area contributed by atoms with Gasteiger partial charge in [-0.2, -0.15) is 11.3 Å². The van der Waals surface area contributed by atoms with Crippen LogP contribution in [0.25, 0.3) is 0 Å². The van der Waals surface area contributed by atoms with Gasteiger partial charge >= 0.3 is 0 Å². The summed E-state index contributed by atoms with van der Waals surface area (Å²) < 4.78 is 11.7. The Balaban J connectivity index is 2.11. The van der Waals surface area contributed by atoms with Crippen molar-refractivity contribution in [3.8, 4) is 11.5 Å². The number of nitrogens with two attached hydrogens (primary N) is 1. The summed E-state index contributed by atoms with van der Waals surface area (Å²) >= 11 is 1.68. The van der Waals surface area contributed by atoms with Crippen molar-refractivity contribution in [3.63, 3.8) is 0 Å². The van der Waals surface area contributed by atoms with Gasteiger partial charge in [0.15, 0.2) is 0 Å². The molecule has 0 amide bonds. The maximum Gasteiger partial charge on any atom is 0.126 e. The van der Waals surface area contributed by atoms with Crippen molar-refractivity contribution in [2.24, 2.45) is 5.73 Å². The van der Waals surface area contributed by atoms with Crippen LogP contribution in [0.15, 0.2) is 35.0 Å². The second-order valence-electron chi connectivity index (χ2n) is 5.22. The van der Waals surface area contributed by atoms with E-state index in [4.69, 9.17) is 15.2 Å². The van der Waals surface area contributed by atoms with E-state index in [-0.39, 0.29) is 6.04 Å². The molecule has 1 atom stereocenters. The minimum Gasteiger partial charge on any atom is -0.493 e. The van der Waals surface area contributed by atoms with E-state index in [0.717, 1.165) is 36.5 Å². The Morgan fingerprint density at radius 2 is 2.10 bits per heavy atom. The van der Waals surface area contributed by atoms with Gasteiger partial charge in [-0.1, -0.05) is 13.0 Å². The van der Waals surface area contributed by atoms with Gasteiger partial charge in [0.25, 0.3) is 0 Å². The van der Waals surface area contributed by atoms with E-state index in [1.54, 1.807) is 11.3 Å². The van der Waals surface area contributed by atoms with E-state index in [1.807, 2.05) is 19.1 Å². The van der Waals surface area contributed by atoms with E-state index >= 15 is 0 Å². The van der Waals surface area contributed by atoms with Gasteiger partial charge in [0.1, 0.15) is 18.1 Å². The molecule has 0 aliphatic heterocycles. The van der Waals surface area contributed by atoms with Gasteiger partial charge < -0.3 is 15.2 Å². The number of thiophene rings is 1. The third-order valence-electron chi connectivity index (χ3n) is 3.03. The maximum atomic E-state index is 5.97. The lowest BCUT2D eigenvalue weighted by Crippen LogP contribution is -2.18. The second-order valence-corrected chi connectivity index (χ2v) is 6.00. The minimum atomic E-state index is 0.107. The molecule has 0 saturated heterocycles. The Labute approximate surface area is 130 Å². The summed E-state index contributed by atoms with van der Waals surface area (Å²) in [7, 11) is 0. The zero-order valence-electron chi connectivity index (χ0n) is 12.7. The largest absolute Gasteiger partial charge is 0.493 e. The topological polar surface area (TPSA) is 44.5 Å². The highest BCUT2D eigenvalue weighted by Crippen LogP contribution is 2.27. The first kappa shape index (κ1) is 15.9. The molecular weight excluding hydrogens is 282 g/mol. The van der Waals surface area contributed by atoms with Crippen LogP contribution in [0, 0.1) is 0 Å². The molecule has 114 valence electrons. The van der Waals surface area contributed by atoms with Crippen LogP contribution < -0.4 is 15.2 Å². The van der Waals surface area contributed by atoms with E-state index in [0.29, 0.717) is 6.61 Å². The highest BCUT2D eigenvalue weighted by molar-refractivity contribution is 7.07. The Morgan fingerprint density at radius 3 is 2.76 bits per heavy atom. The average molecular weight is 305 g/mol. The Hall–Kier alpha value is -1.52. The van der Waals surface area contributed by atoms with Crippen LogP contribution in [0.2, 0.25) is 0 Å². The zero-order valence-corrected chi connectivity index (χ0v) is 13.5. The van der Waals surface area contributed by atoms with Gasteiger partial charge in [0.05, 0.1) is 6.61 Å². The van der Waals surface area contributed by atoms with Gasteiger partial charge in [-0.25, -0.2) is 0 Å². The predicted octanol–water partition coefficient (Wildman–Crippen LogP) is 4.01. The van der Waals surface area contributed by atoms with Gasteiger partial charge in [0.2, 0.25) is 0 Å². The molecule has 1 aromatic heterocycles. The normalized spacial score (nSPS) is 12.1. The molecule has 0 fully saturated rings. The molecule has 3 nitrogen and oxygen atoms in total. The lowest BCUT2D eigenvalue weighted by atomic mass is 10.1.